The zero-order chi connectivity index (χ0) is 15.4. The molecule has 0 spiro atoms. The molecular weight excluding hydrogens is 292 g/mol. The highest BCUT2D eigenvalue weighted by molar-refractivity contribution is 7.85. The Kier molecular flexibility index (Phi) is 4.35. The lowest BCUT2D eigenvalue weighted by atomic mass is 10.1. The van der Waals surface area contributed by atoms with Crippen molar-refractivity contribution in [3.05, 3.63) is 78.9 Å². The molecule has 0 radical (unpaired) electrons. The van der Waals surface area contributed by atoms with Gasteiger partial charge in [0, 0.05) is 9.79 Å². The van der Waals surface area contributed by atoms with Gasteiger partial charge in [0.25, 0.3) is 0 Å². The Bertz CT molecular complexity index is 763. The van der Waals surface area contributed by atoms with Crippen LogP contribution in [0.4, 0.5) is 0 Å². The van der Waals surface area contributed by atoms with Crippen LogP contribution >= 0.6 is 0 Å². The van der Waals surface area contributed by atoms with Crippen LogP contribution in [0.5, 0.6) is 5.75 Å². The van der Waals surface area contributed by atoms with Gasteiger partial charge in [-0.1, -0.05) is 42.5 Å². The molecule has 3 aromatic rings. The SMILES string of the molecule is COc1ccc(-c2ccc(S(=O)c3ccccc3)cc2)cc1. The van der Waals surface area contributed by atoms with Crippen LogP contribution in [0.25, 0.3) is 11.1 Å². The van der Waals surface area contributed by atoms with Crippen LogP contribution in [-0.2, 0) is 10.8 Å². The van der Waals surface area contributed by atoms with E-state index in [0.29, 0.717) is 0 Å². The van der Waals surface area contributed by atoms with Gasteiger partial charge in [0.05, 0.1) is 17.9 Å². The molecule has 110 valence electrons. The van der Waals surface area contributed by atoms with E-state index < -0.39 is 10.8 Å². The molecule has 3 aromatic carbocycles. The maximum atomic E-state index is 12.5. The fraction of sp³-hybridized carbons (Fsp3) is 0.0526. The van der Waals surface area contributed by atoms with Crippen LogP contribution in [0.15, 0.2) is 88.7 Å². The molecule has 0 fully saturated rings. The van der Waals surface area contributed by atoms with Crippen molar-refractivity contribution < 1.29 is 8.95 Å². The minimum absolute atomic E-state index is 0.809. The Morgan fingerprint density at radius 2 is 1.18 bits per heavy atom. The summed E-state index contributed by atoms with van der Waals surface area (Å²) in [7, 11) is 0.519. The molecule has 0 bridgehead atoms. The largest absolute Gasteiger partial charge is 0.497 e. The third-order valence-electron chi connectivity index (χ3n) is 3.45. The topological polar surface area (TPSA) is 26.3 Å². The zero-order valence-corrected chi connectivity index (χ0v) is 13.0. The molecule has 0 aromatic heterocycles. The minimum Gasteiger partial charge on any atom is -0.497 e. The second-order valence-electron chi connectivity index (χ2n) is 4.83. The van der Waals surface area contributed by atoms with E-state index in [9.17, 15) is 4.21 Å². The lowest BCUT2D eigenvalue weighted by Crippen LogP contribution is -1.92. The van der Waals surface area contributed by atoms with E-state index in [1.54, 1.807) is 7.11 Å². The second kappa shape index (κ2) is 6.58. The molecule has 3 heteroatoms. The molecule has 0 heterocycles. The zero-order valence-electron chi connectivity index (χ0n) is 12.2. The van der Waals surface area contributed by atoms with Crippen molar-refractivity contribution in [1.29, 1.82) is 0 Å². The molecule has 0 aliphatic rings. The van der Waals surface area contributed by atoms with Gasteiger partial charge in [-0.15, -0.1) is 0 Å². The van der Waals surface area contributed by atoms with Crippen molar-refractivity contribution in [3.8, 4) is 16.9 Å². The van der Waals surface area contributed by atoms with Gasteiger partial charge >= 0.3 is 0 Å². The number of ether oxygens (including phenoxy) is 1. The lowest BCUT2D eigenvalue weighted by molar-refractivity contribution is 0.415. The van der Waals surface area contributed by atoms with Crippen molar-refractivity contribution in [1.82, 2.24) is 0 Å². The number of hydrogen-bond acceptors (Lipinski definition) is 2. The number of rotatable bonds is 4. The summed E-state index contributed by atoms with van der Waals surface area (Å²) in [6.07, 6.45) is 0. The minimum atomic E-state index is -1.14. The third kappa shape index (κ3) is 3.10. The van der Waals surface area contributed by atoms with Crippen LogP contribution in [0.2, 0.25) is 0 Å². The summed E-state index contributed by atoms with van der Waals surface area (Å²) in [6, 6.07) is 25.2. The monoisotopic (exact) mass is 308 g/mol. The highest BCUT2D eigenvalue weighted by Crippen LogP contribution is 2.24. The number of benzene rings is 3. The molecule has 22 heavy (non-hydrogen) atoms. The molecule has 0 aliphatic heterocycles. The first kappa shape index (κ1) is 14.5. The Hall–Kier alpha value is -2.39. The van der Waals surface area contributed by atoms with Crippen LogP contribution in [0.3, 0.4) is 0 Å². The van der Waals surface area contributed by atoms with Crippen LogP contribution in [-0.4, -0.2) is 11.3 Å². The van der Waals surface area contributed by atoms with Crippen molar-refractivity contribution >= 4 is 10.8 Å². The quantitative estimate of drug-likeness (QED) is 0.708. The first-order valence-corrected chi connectivity index (χ1v) is 8.14. The average Bonchev–Trinajstić information content (AvgIpc) is 2.62. The van der Waals surface area contributed by atoms with Crippen molar-refractivity contribution in [2.75, 3.05) is 7.11 Å². The molecule has 1 atom stereocenters. The fourth-order valence-corrected chi connectivity index (χ4v) is 3.29. The predicted octanol–water partition coefficient (Wildman–Crippen LogP) is 4.53. The Morgan fingerprint density at radius 3 is 1.73 bits per heavy atom. The highest BCUT2D eigenvalue weighted by atomic mass is 32.2. The maximum absolute atomic E-state index is 12.5. The van der Waals surface area contributed by atoms with E-state index in [-0.39, 0.29) is 0 Å². The summed E-state index contributed by atoms with van der Waals surface area (Å²) in [5, 5.41) is 0. The van der Waals surface area contributed by atoms with Crippen molar-refractivity contribution in [3.63, 3.8) is 0 Å². The van der Waals surface area contributed by atoms with E-state index in [2.05, 4.69) is 0 Å². The molecule has 0 aliphatic carbocycles. The van der Waals surface area contributed by atoms with Gasteiger partial charge < -0.3 is 4.74 Å². The van der Waals surface area contributed by atoms with Gasteiger partial charge in [-0.3, -0.25) is 0 Å². The molecule has 0 N–H and O–H groups in total. The first-order valence-electron chi connectivity index (χ1n) is 6.99. The molecule has 1 unspecified atom stereocenters. The molecule has 0 saturated heterocycles. The van der Waals surface area contributed by atoms with Crippen LogP contribution < -0.4 is 4.74 Å². The van der Waals surface area contributed by atoms with Gasteiger partial charge in [0.2, 0.25) is 0 Å². The van der Waals surface area contributed by atoms with Gasteiger partial charge in [-0.2, -0.15) is 0 Å². The lowest BCUT2D eigenvalue weighted by Gasteiger charge is -2.06. The first-order chi connectivity index (χ1) is 10.8. The Morgan fingerprint density at radius 1 is 0.682 bits per heavy atom. The van der Waals surface area contributed by atoms with Gasteiger partial charge in [0.15, 0.2) is 0 Å². The average molecular weight is 308 g/mol. The normalized spacial score (nSPS) is 11.9. The molecule has 3 rings (SSSR count). The van der Waals surface area contributed by atoms with E-state index in [4.69, 9.17) is 4.74 Å². The smallest absolute Gasteiger partial charge is 0.118 e. The predicted molar refractivity (Wildman–Crippen MR) is 89.5 cm³/mol. The number of hydrogen-bond donors (Lipinski definition) is 0. The van der Waals surface area contributed by atoms with E-state index >= 15 is 0 Å². The Balaban J connectivity index is 1.84. The van der Waals surface area contributed by atoms with E-state index in [1.807, 2.05) is 78.9 Å². The highest BCUT2D eigenvalue weighted by Gasteiger charge is 2.07. The maximum Gasteiger partial charge on any atom is 0.118 e. The molecular formula is C19H16O2S. The summed E-state index contributed by atoms with van der Waals surface area (Å²) in [4.78, 5) is 1.63. The summed E-state index contributed by atoms with van der Waals surface area (Å²) in [5.41, 5.74) is 2.20. The summed E-state index contributed by atoms with van der Waals surface area (Å²) >= 11 is 0. The van der Waals surface area contributed by atoms with Gasteiger partial charge in [-0.25, -0.2) is 4.21 Å². The van der Waals surface area contributed by atoms with E-state index in [1.165, 1.54) is 0 Å². The molecule has 0 amide bonds. The molecule has 0 saturated carbocycles. The van der Waals surface area contributed by atoms with E-state index in [0.717, 1.165) is 26.7 Å². The van der Waals surface area contributed by atoms with Crippen LogP contribution in [0.1, 0.15) is 0 Å². The van der Waals surface area contributed by atoms with Gasteiger partial charge in [0.1, 0.15) is 5.75 Å². The van der Waals surface area contributed by atoms with Crippen LogP contribution in [0, 0.1) is 0 Å². The Labute approximate surface area is 132 Å². The van der Waals surface area contributed by atoms with Crippen molar-refractivity contribution in [2.24, 2.45) is 0 Å². The third-order valence-corrected chi connectivity index (χ3v) is 4.85. The second-order valence-corrected chi connectivity index (χ2v) is 6.31. The number of methoxy groups -OCH3 is 1. The summed E-state index contributed by atoms with van der Waals surface area (Å²) in [6.45, 7) is 0. The van der Waals surface area contributed by atoms with Gasteiger partial charge in [-0.05, 0) is 47.5 Å². The van der Waals surface area contributed by atoms with Crippen molar-refractivity contribution in [2.45, 2.75) is 9.79 Å². The summed E-state index contributed by atoms with van der Waals surface area (Å²) in [5.74, 6) is 0.838. The standard InChI is InChI=1S/C19H16O2S/c1-21-17-11-7-15(8-12-17)16-9-13-19(14-10-16)22(20)18-5-3-2-4-6-18/h2-14H,1H3. The fourth-order valence-electron chi connectivity index (χ4n) is 2.23. The summed E-state index contributed by atoms with van der Waals surface area (Å²) < 4.78 is 17.6. The molecule has 2 nitrogen and oxygen atoms in total.